The van der Waals surface area contributed by atoms with Crippen LogP contribution in [-0.2, 0) is 4.79 Å². The summed E-state index contributed by atoms with van der Waals surface area (Å²) in [5.74, 6) is 2.70. The number of nitrogens with one attached hydrogen (secondary N) is 1. The number of benzene rings is 1. The van der Waals surface area contributed by atoms with E-state index in [2.05, 4.69) is 5.32 Å². The molecular formula is C20H25NO4. The van der Waals surface area contributed by atoms with Crippen LogP contribution < -0.4 is 14.8 Å². The van der Waals surface area contributed by atoms with Crippen molar-refractivity contribution in [2.24, 2.45) is 17.8 Å². The third kappa shape index (κ3) is 2.60. The number of ether oxygens (including phenoxy) is 2. The van der Waals surface area contributed by atoms with Crippen LogP contribution in [0, 0.1) is 24.7 Å². The quantitative estimate of drug-likeness (QED) is 0.864. The Balaban J connectivity index is 1.29. The molecule has 0 radical (unpaired) electrons. The van der Waals surface area contributed by atoms with Gasteiger partial charge < -0.3 is 19.9 Å². The Kier molecular flexibility index (Phi) is 3.33. The van der Waals surface area contributed by atoms with E-state index in [9.17, 15) is 9.90 Å². The van der Waals surface area contributed by atoms with E-state index < -0.39 is 11.7 Å². The van der Waals surface area contributed by atoms with Crippen molar-refractivity contribution in [2.45, 2.75) is 56.8 Å². The van der Waals surface area contributed by atoms with Gasteiger partial charge in [-0.15, -0.1) is 0 Å². The Morgan fingerprint density at radius 2 is 1.96 bits per heavy atom. The van der Waals surface area contributed by atoms with Crippen molar-refractivity contribution in [2.75, 3.05) is 6.61 Å². The normalized spacial score (nSPS) is 40.8. The molecule has 0 spiro atoms. The van der Waals surface area contributed by atoms with Crippen LogP contribution >= 0.6 is 0 Å². The Morgan fingerprint density at radius 1 is 1.20 bits per heavy atom. The lowest BCUT2D eigenvalue weighted by Crippen LogP contribution is -2.63. The molecule has 5 nitrogen and oxygen atoms in total. The summed E-state index contributed by atoms with van der Waals surface area (Å²) < 4.78 is 11.6. The summed E-state index contributed by atoms with van der Waals surface area (Å²) in [4.78, 5) is 12.8. The monoisotopic (exact) mass is 343 g/mol. The molecule has 2 unspecified atom stereocenters. The number of aliphatic hydroxyl groups is 1. The number of carbonyl (C=O) groups excluding carboxylic acids is 1. The zero-order valence-electron chi connectivity index (χ0n) is 14.5. The fourth-order valence-electron chi connectivity index (χ4n) is 5.78. The maximum absolute atomic E-state index is 12.8. The van der Waals surface area contributed by atoms with E-state index in [4.69, 9.17) is 9.47 Å². The van der Waals surface area contributed by atoms with Gasteiger partial charge >= 0.3 is 0 Å². The zero-order chi connectivity index (χ0) is 17.2. The van der Waals surface area contributed by atoms with Crippen LogP contribution in [0.1, 0.15) is 37.7 Å². The van der Waals surface area contributed by atoms with Crippen molar-refractivity contribution >= 4 is 5.91 Å². The maximum atomic E-state index is 12.8. The standard InChI is InChI=1S/C20H25NO4/c1-11-2-3-15-16(4-11)25-17(10-24-15)19(22)21-18-13-5-12-6-14(18)9-20(23,7-12)8-13/h2-4,12-14,17-18,23H,5-10H2,1H3,(H,21,22)/t12?,13-,14+,17?,18+,20+. The smallest absolute Gasteiger partial charge is 0.264 e. The first-order chi connectivity index (χ1) is 12.0. The molecule has 2 N–H and O–H groups in total. The SMILES string of the molecule is Cc1ccc2c(c1)OC(C(=O)N[C@H]1[C@@H]3CC4C[C@H]1C[C@](O)(C4)C3)CO2. The number of fused-ring (bicyclic) bond motifs is 1. The molecule has 1 heterocycles. The third-order valence-corrected chi connectivity index (χ3v) is 6.60. The molecule has 1 aliphatic heterocycles. The number of hydrogen-bond acceptors (Lipinski definition) is 4. The summed E-state index contributed by atoms with van der Waals surface area (Å²) in [5.41, 5.74) is 0.608. The average Bonchev–Trinajstić information content (AvgIpc) is 2.55. The van der Waals surface area contributed by atoms with Crippen molar-refractivity contribution in [1.82, 2.24) is 5.32 Å². The Morgan fingerprint density at radius 3 is 2.68 bits per heavy atom. The van der Waals surface area contributed by atoms with Crippen LogP contribution in [0.25, 0.3) is 0 Å². The van der Waals surface area contributed by atoms with E-state index in [1.165, 1.54) is 0 Å². The Hall–Kier alpha value is -1.75. The van der Waals surface area contributed by atoms with E-state index in [-0.39, 0.29) is 18.6 Å². The molecule has 4 saturated carbocycles. The summed E-state index contributed by atoms with van der Waals surface area (Å²) in [5, 5.41) is 13.9. The molecule has 25 heavy (non-hydrogen) atoms. The minimum absolute atomic E-state index is 0.0865. The first-order valence-corrected chi connectivity index (χ1v) is 9.42. The van der Waals surface area contributed by atoms with Gasteiger partial charge in [-0.05, 0) is 74.5 Å². The van der Waals surface area contributed by atoms with Gasteiger partial charge in [0.15, 0.2) is 11.5 Å². The third-order valence-electron chi connectivity index (χ3n) is 6.60. The van der Waals surface area contributed by atoms with E-state index in [1.54, 1.807) is 0 Å². The van der Waals surface area contributed by atoms with Crippen LogP contribution in [0.15, 0.2) is 18.2 Å². The summed E-state index contributed by atoms with van der Waals surface area (Å²) in [6, 6.07) is 5.94. The lowest BCUT2D eigenvalue weighted by molar-refractivity contribution is -0.150. The van der Waals surface area contributed by atoms with Crippen molar-refractivity contribution < 1.29 is 19.4 Å². The second-order valence-corrected chi connectivity index (χ2v) is 8.60. The highest BCUT2D eigenvalue weighted by Gasteiger charge is 2.55. The van der Waals surface area contributed by atoms with E-state index in [0.717, 1.165) is 37.7 Å². The summed E-state index contributed by atoms with van der Waals surface area (Å²) in [6.45, 7) is 2.24. The second kappa shape index (κ2) is 5.37. The van der Waals surface area contributed by atoms with E-state index in [1.807, 2.05) is 25.1 Å². The molecule has 0 aromatic heterocycles. The van der Waals surface area contributed by atoms with Gasteiger partial charge in [0.05, 0.1) is 5.60 Å². The highest BCUT2D eigenvalue weighted by Crippen LogP contribution is 2.55. The molecule has 4 aliphatic carbocycles. The molecule has 5 heteroatoms. The van der Waals surface area contributed by atoms with Gasteiger partial charge in [0.2, 0.25) is 6.10 Å². The van der Waals surface area contributed by atoms with E-state index in [0.29, 0.717) is 29.3 Å². The van der Waals surface area contributed by atoms with Crippen molar-refractivity contribution in [3.8, 4) is 11.5 Å². The van der Waals surface area contributed by atoms with Crippen LogP contribution in [0.4, 0.5) is 0 Å². The summed E-state index contributed by atoms with van der Waals surface area (Å²) >= 11 is 0. The number of aryl methyl sites for hydroxylation is 1. The van der Waals surface area contributed by atoms with Crippen molar-refractivity contribution in [3.63, 3.8) is 0 Å². The lowest BCUT2D eigenvalue weighted by Gasteiger charge is -2.58. The molecule has 1 aromatic rings. The molecule has 6 rings (SSSR count). The van der Waals surface area contributed by atoms with Gasteiger partial charge in [0, 0.05) is 6.04 Å². The lowest BCUT2D eigenvalue weighted by atomic mass is 9.52. The first kappa shape index (κ1) is 15.5. The summed E-state index contributed by atoms with van der Waals surface area (Å²) in [7, 11) is 0. The van der Waals surface area contributed by atoms with Gasteiger partial charge in [-0.2, -0.15) is 0 Å². The van der Waals surface area contributed by atoms with Crippen LogP contribution in [-0.4, -0.2) is 35.4 Å². The van der Waals surface area contributed by atoms with Crippen LogP contribution in [0.2, 0.25) is 0 Å². The summed E-state index contributed by atoms with van der Waals surface area (Å²) in [6.07, 6.45) is 4.27. The molecule has 4 bridgehead atoms. The number of rotatable bonds is 2. The zero-order valence-corrected chi connectivity index (χ0v) is 14.5. The van der Waals surface area contributed by atoms with Gasteiger partial charge in [-0.3, -0.25) is 4.79 Å². The molecular weight excluding hydrogens is 318 g/mol. The van der Waals surface area contributed by atoms with Crippen LogP contribution in [0.3, 0.4) is 0 Å². The molecule has 1 aromatic carbocycles. The predicted octanol–water partition coefficient (Wildman–Crippen LogP) is 2.19. The topological polar surface area (TPSA) is 67.8 Å². The van der Waals surface area contributed by atoms with Crippen molar-refractivity contribution in [3.05, 3.63) is 23.8 Å². The Bertz CT molecular complexity index is 702. The van der Waals surface area contributed by atoms with Gasteiger partial charge in [-0.1, -0.05) is 6.07 Å². The van der Waals surface area contributed by atoms with E-state index >= 15 is 0 Å². The molecule has 6 atom stereocenters. The largest absolute Gasteiger partial charge is 0.485 e. The first-order valence-electron chi connectivity index (χ1n) is 9.42. The number of hydrogen-bond donors (Lipinski definition) is 2. The molecule has 134 valence electrons. The highest BCUT2D eigenvalue weighted by molar-refractivity contribution is 5.82. The van der Waals surface area contributed by atoms with Gasteiger partial charge in [0.25, 0.3) is 5.91 Å². The minimum atomic E-state index is -0.602. The molecule has 1 amide bonds. The van der Waals surface area contributed by atoms with Gasteiger partial charge in [0.1, 0.15) is 6.61 Å². The average molecular weight is 343 g/mol. The number of carbonyl (C=O) groups is 1. The fraction of sp³-hybridized carbons (Fsp3) is 0.650. The maximum Gasteiger partial charge on any atom is 0.264 e. The Labute approximate surface area is 147 Å². The minimum Gasteiger partial charge on any atom is -0.485 e. The van der Waals surface area contributed by atoms with Gasteiger partial charge in [-0.25, -0.2) is 0 Å². The second-order valence-electron chi connectivity index (χ2n) is 8.60. The molecule has 4 fully saturated rings. The number of amides is 1. The predicted molar refractivity (Wildman–Crippen MR) is 91.5 cm³/mol. The van der Waals surface area contributed by atoms with Crippen LogP contribution in [0.5, 0.6) is 11.5 Å². The molecule has 5 aliphatic rings. The fourth-order valence-corrected chi connectivity index (χ4v) is 5.78. The highest BCUT2D eigenvalue weighted by atomic mass is 16.6. The molecule has 0 saturated heterocycles. The van der Waals surface area contributed by atoms with Crippen molar-refractivity contribution in [1.29, 1.82) is 0 Å².